The van der Waals surface area contributed by atoms with E-state index in [1.54, 1.807) is 13.1 Å². The molecule has 0 spiro atoms. The molecule has 3 aliphatic heterocycles. The molecule has 2 N–H and O–H groups in total. The molecular weight excluding hydrogens is 638 g/mol. The Kier molecular flexibility index (Phi) is 8.01. The number of aromatic nitrogens is 5. The highest BCUT2D eigenvalue weighted by molar-refractivity contribution is 8.01. The van der Waals surface area contributed by atoms with Gasteiger partial charge in [0.05, 0.1) is 11.2 Å². The van der Waals surface area contributed by atoms with Crippen LogP contribution in [0, 0.1) is 5.82 Å². The molecule has 1 aliphatic carbocycles. The maximum Gasteiger partial charge on any atom is 0.352 e. The Morgan fingerprint density at radius 2 is 1.93 bits per heavy atom. The first-order valence-electron chi connectivity index (χ1n) is 15.1. The molecule has 2 aromatic heterocycles. The molecule has 3 aromatic rings. The van der Waals surface area contributed by atoms with E-state index < -0.39 is 40.4 Å². The van der Waals surface area contributed by atoms with E-state index in [4.69, 9.17) is 0 Å². The molecule has 1 saturated carbocycles. The van der Waals surface area contributed by atoms with Crippen molar-refractivity contribution in [3.8, 4) is 0 Å². The summed E-state index contributed by atoms with van der Waals surface area (Å²) in [6, 6.07) is 2.00. The lowest BCUT2D eigenvalue weighted by molar-refractivity contribution is -0.148. The van der Waals surface area contributed by atoms with Gasteiger partial charge in [0.15, 0.2) is 0 Å². The van der Waals surface area contributed by atoms with Crippen molar-refractivity contribution >= 4 is 57.9 Å². The first kappa shape index (κ1) is 30.7. The Balaban J connectivity index is 1.13. The molecule has 7 rings (SSSR count). The zero-order valence-electron chi connectivity index (χ0n) is 25.2. The number of carbonyl (C=O) groups excluding carboxylic acids is 2. The van der Waals surface area contributed by atoms with Crippen molar-refractivity contribution in [1.82, 2.24) is 39.9 Å². The van der Waals surface area contributed by atoms with Gasteiger partial charge < -0.3 is 24.8 Å². The van der Waals surface area contributed by atoms with E-state index in [0.717, 1.165) is 32.5 Å². The highest BCUT2D eigenvalue weighted by Gasteiger charge is 2.54. The molecule has 3 fully saturated rings. The predicted octanol–water partition coefficient (Wildman–Crippen LogP) is 1.29. The van der Waals surface area contributed by atoms with Crippen LogP contribution < -0.4 is 15.6 Å². The van der Waals surface area contributed by atoms with Crippen LogP contribution >= 0.6 is 23.5 Å². The van der Waals surface area contributed by atoms with E-state index >= 15 is 4.39 Å². The number of hydrogen-bond acceptors (Lipinski definition) is 11. The van der Waals surface area contributed by atoms with E-state index in [9.17, 15) is 24.3 Å². The summed E-state index contributed by atoms with van der Waals surface area (Å²) in [6.07, 6.45) is 3.25. The third-order valence-electron chi connectivity index (χ3n) is 8.94. The molecule has 0 bridgehead atoms. The van der Waals surface area contributed by atoms with Crippen LogP contribution in [0.15, 0.2) is 39.6 Å². The van der Waals surface area contributed by atoms with E-state index in [1.807, 2.05) is 9.47 Å². The maximum atomic E-state index is 15.5. The summed E-state index contributed by atoms with van der Waals surface area (Å²) in [7, 11) is 1.67. The Hall–Kier alpha value is -3.96. The number of piperazine rings is 1. The number of nitrogens with zero attached hydrogens (tertiary/aromatic N) is 8. The van der Waals surface area contributed by atoms with Gasteiger partial charge in [-0.1, -0.05) is 18.7 Å². The number of β-lactam (4-membered cyclic amide) rings is 1. The number of aliphatic carboxylic acids is 1. The van der Waals surface area contributed by atoms with Crippen LogP contribution in [-0.4, -0.2) is 113 Å². The van der Waals surface area contributed by atoms with Gasteiger partial charge in [0.25, 0.3) is 11.8 Å². The quantitative estimate of drug-likeness (QED) is 0.249. The second-order valence-electron chi connectivity index (χ2n) is 11.7. The summed E-state index contributed by atoms with van der Waals surface area (Å²) in [5, 5.41) is 23.9. The summed E-state index contributed by atoms with van der Waals surface area (Å²) >= 11 is 2.59. The molecular formula is C29H32FN9O5S2. The summed E-state index contributed by atoms with van der Waals surface area (Å²) in [5.74, 6) is -2.51. The number of tetrazole rings is 1. The van der Waals surface area contributed by atoms with Crippen LogP contribution in [0.5, 0.6) is 0 Å². The fourth-order valence-corrected chi connectivity index (χ4v) is 8.57. The van der Waals surface area contributed by atoms with Crippen molar-refractivity contribution in [2.75, 3.05) is 49.1 Å². The van der Waals surface area contributed by atoms with Gasteiger partial charge in [0, 0.05) is 62.4 Å². The summed E-state index contributed by atoms with van der Waals surface area (Å²) in [6.45, 7) is 6.03. The van der Waals surface area contributed by atoms with Gasteiger partial charge in [-0.15, -0.1) is 16.9 Å². The monoisotopic (exact) mass is 669 g/mol. The van der Waals surface area contributed by atoms with Crippen molar-refractivity contribution < 1.29 is 23.9 Å². The summed E-state index contributed by atoms with van der Waals surface area (Å²) < 4.78 is 18.9. The van der Waals surface area contributed by atoms with Crippen molar-refractivity contribution in [3.63, 3.8) is 0 Å². The Labute approximate surface area is 270 Å². The number of aryl methyl sites for hydroxylation is 1. The molecule has 1 aromatic carbocycles. The summed E-state index contributed by atoms with van der Waals surface area (Å²) in [4.78, 5) is 58.2. The molecule has 0 radical (unpaired) electrons. The van der Waals surface area contributed by atoms with Gasteiger partial charge >= 0.3 is 5.97 Å². The number of hydrogen-bond donors (Lipinski definition) is 2. The minimum Gasteiger partial charge on any atom is -0.477 e. The van der Waals surface area contributed by atoms with Gasteiger partial charge in [0.1, 0.15) is 28.5 Å². The fourth-order valence-electron chi connectivity index (χ4n) is 6.23. The number of benzene rings is 1. The number of carboxylic acid groups (broad SMARTS) is 1. The van der Waals surface area contributed by atoms with E-state index in [0.29, 0.717) is 40.8 Å². The Morgan fingerprint density at radius 1 is 1.17 bits per heavy atom. The topological polar surface area (TPSA) is 159 Å². The van der Waals surface area contributed by atoms with Gasteiger partial charge in [-0.2, -0.15) is 0 Å². The van der Waals surface area contributed by atoms with Crippen LogP contribution in [0.3, 0.4) is 0 Å². The highest BCUT2D eigenvalue weighted by Crippen LogP contribution is 2.42. The average molecular weight is 670 g/mol. The van der Waals surface area contributed by atoms with Crippen molar-refractivity contribution in [3.05, 3.63) is 51.2 Å². The first-order valence-corrected chi connectivity index (χ1v) is 17.1. The Bertz CT molecular complexity index is 1850. The van der Waals surface area contributed by atoms with Crippen LogP contribution in [0.4, 0.5) is 10.1 Å². The van der Waals surface area contributed by atoms with Crippen molar-refractivity contribution in [2.45, 2.75) is 42.4 Å². The number of rotatable bonds is 9. The second-order valence-corrected chi connectivity index (χ2v) is 13.8. The second kappa shape index (κ2) is 12.0. The SMILES string of the molecule is CCN1CCN(c2cc3c(cc2F)c(=O)c(C(=O)NC2C(=O)N4C(C(=O)O)=C(CSc5nnnn5C)CSC24)cn3C2CC2)CC1. The van der Waals surface area contributed by atoms with Crippen molar-refractivity contribution in [2.24, 2.45) is 7.05 Å². The Morgan fingerprint density at radius 3 is 2.59 bits per heavy atom. The fraction of sp³-hybridized carbons (Fsp3) is 0.483. The van der Waals surface area contributed by atoms with Gasteiger partial charge in [-0.25, -0.2) is 13.9 Å². The van der Waals surface area contributed by atoms with E-state index in [2.05, 4.69) is 32.7 Å². The van der Waals surface area contributed by atoms with Crippen LogP contribution in [0.1, 0.15) is 36.2 Å². The number of carbonyl (C=O) groups is 3. The zero-order chi connectivity index (χ0) is 32.3. The number of halogens is 1. The number of anilines is 1. The number of pyridine rings is 1. The number of fused-ring (bicyclic) bond motifs is 2. The number of thioether (sulfide) groups is 2. The van der Waals surface area contributed by atoms with Crippen LogP contribution in [-0.2, 0) is 16.6 Å². The molecule has 17 heteroatoms. The minimum absolute atomic E-state index is 0.0801. The largest absolute Gasteiger partial charge is 0.477 e. The third kappa shape index (κ3) is 5.33. The van der Waals surface area contributed by atoms with E-state index in [1.165, 1.54) is 45.4 Å². The molecule has 2 saturated heterocycles. The molecule has 2 unspecified atom stereocenters. The molecule has 5 heterocycles. The van der Waals surface area contributed by atoms with Gasteiger partial charge in [0.2, 0.25) is 10.6 Å². The molecule has 14 nitrogen and oxygen atoms in total. The number of nitrogens with one attached hydrogen (secondary N) is 1. The summed E-state index contributed by atoms with van der Waals surface area (Å²) in [5.41, 5.74) is 0.636. The lowest BCUT2D eigenvalue weighted by atomic mass is 10.0. The van der Waals surface area contributed by atoms with Crippen LogP contribution in [0.2, 0.25) is 0 Å². The smallest absolute Gasteiger partial charge is 0.352 e. The predicted molar refractivity (Wildman–Crippen MR) is 169 cm³/mol. The molecule has 242 valence electrons. The van der Waals surface area contributed by atoms with Gasteiger partial charge in [-0.3, -0.25) is 19.3 Å². The molecule has 46 heavy (non-hydrogen) atoms. The molecule has 2 amide bonds. The maximum absolute atomic E-state index is 15.5. The first-order chi connectivity index (χ1) is 22.2. The van der Waals surface area contributed by atoms with Crippen LogP contribution in [0.25, 0.3) is 10.9 Å². The average Bonchev–Trinajstić information content (AvgIpc) is 3.82. The number of carboxylic acids is 1. The third-order valence-corrected chi connectivity index (χ3v) is 11.4. The van der Waals surface area contributed by atoms with E-state index in [-0.39, 0.29) is 28.4 Å². The number of amides is 2. The highest BCUT2D eigenvalue weighted by atomic mass is 32.2. The van der Waals surface area contributed by atoms with Crippen molar-refractivity contribution in [1.29, 1.82) is 0 Å². The standard InChI is InChI=1S/C29H32FN9O5S2/c1-3-36-6-8-37(9-7-36)21-11-20-17(10-19(21)30)24(40)18(12-38(20)16-4-5-16)25(41)31-22-26(42)39-23(28(43)44)15(13-45-27(22)39)14-46-29-32-33-34-35(29)2/h10-12,16,22,27H,3-9,13-14H2,1-2H3,(H,31,41)(H,43,44). The molecule has 4 aliphatic rings. The minimum atomic E-state index is -1.24. The lowest BCUT2D eigenvalue weighted by Crippen LogP contribution is -2.70. The lowest BCUT2D eigenvalue weighted by Gasteiger charge is -2.49. The number of likely N-dealkylation sites (N-methyl/N-ethyl adjacent to an activating group) is 1. The normalized spacial score (nSPS) is 21.8. The zero-order valence-corrected chi connectivity index (χ0v) is 26.8. The van der Waals surface area contributed by atoms with Gasteiger partial charge in [-0.05, 0) is 47.5 Å². The molecule has 2 atom stereocenters.